The number of fused-ring (bicyclic) bond motifs is 2. The lowest BCUT2D eigenvalue weighted by atomic mass is 10.0. The second-order valence-electron chi connectivity index (χ2n) is 7.78. The van der Waals surface area contributed by atoms with E-state index in [2.05, 4.69) is 23.3 Å². The van der Waals surface area contributed by atoms with Gasteiger partial charge in [-0.2, -0.15) is 0 Å². The molecular weight excluding hydrogens is 461 g/mol. The zero-order valence-electron chi connectivity index (χ0n) is 17.6. The van der Waals surface area contributed by atoms with Gasteiger partial charge in [-0.05, 0) is 55.4 Å². The van der Waals surface area contributed by atoms with Crippen LogP contribution in [0.15, 0.2) is 53.4 Å². The Labute approximate surface area is 198 Å². The lowest BCUT2D eigenvalue weighted by Gasteiger charge is -2.22. The molecule has 5 rings (SSSR count). The monoisotopic (exact) mass is 483 g/mol. The summed E-state index contributed by atoms with van der Waals surface area (Å²) in [5.41, 5.74) is 3.41. The molecule has 0 saturated heterocycles. The molecule has 0 radical (unpaired) electrons. The van der Waals surface area contributed by atoms with Crippen molar-refractivity contribution in [1.29, 1.82) is 0 Å². The Morgan fingerprint density at radius 3 is 2.81 bits per heavy atom. The van der Waals surface area contributed by atoms with E-state index in [-0.39, 0.29) is 11.7 Å². The topological polar surface area (TPSA) is 45.2 Å². The number of thioether (sulfide) groups is 1. The standard InChI is InChI=1S/C24H22FN3OS3/c1-28-12-10-17-20(14-28)32-24(22(17)23-26-18-4-2-3-5-19(18)31-23)27-21(29)11-13-30-16-8-6-15(25)7-9-16/h2-9H,10-14H2,1H3,(H,27,29). The summed E-state index contributed by atoms with van der Waals surface area (Å²) in [7, 11) is 2.13. The van der Waals surface area contributed by atoms with E-state index in [1.165, 1.54) is 22.6 Å². The molecule has 32 heavy (non-hydrogen) atoms. The zero-order valence-corrected chi connectivity index (χ0v) is 20.0. The van der Waals surface area contributed by atoms with Crippen LogP contribution in [-0.2, 0) is 17.8 Å². The number of thiophene rings is 1. The van der Waals surface area contributed by atoms with Gasteiger partial charge in [-0.15, -0.1) is 34.4 Å². The molecule has 4 nitrogen and oxygen atoms in total. The highest BCUT2D eigenvalue weighted by molar-refractivity contribution is 7.99. The van der Waals surface area contributed by atoms with Gasteiger partial charge < -0.3 is 10.2 Å². The second-order valence-corrected chi connectivity index (χ2v) is 11.1. The zero-order chi connectivity index (χ0) is 22.1. The van der Waals surface area contributed by atoms with Gasteiger partial charge in [-0.3, -0.25) is 4.79 Å². The molecule has 164 valence electrons. The molecule has 1 aliphatic rings. The number of anilines is 1. The minimum Gasteiger partial charge on any atom is -0.317 e. The molecule has 3 heterocycles. The Balaban J connectivity index is 1.37. The van der Waals surface area contributed by atoms with Crippen LogP contribution in [0.5, 0.6) is 0 Å². The van der Waals surface area contributed by atoms with Gasteiger partial charge in [0.2, 0.25) is 5.91 Å². The maximum absolute atomic E-state index is 13.1. The molecule has 0 fully saturated rings. The Morgan fingerprint density at radius 1 is 1.19 bits per heavy atom. The van der Waals surface area contributed by atoms with Crippen LogP contribution in [0.25, 0.3) is 20.8 Å². The number of nitrogens with zero attached hydrogens (tertiary/aromatic N) is 2. The maximum atomic E-state index is 13.1. The van der Waals surface area contributed by atoms with E-state index >= 15 is 0 Å². The minimum absolute atomic E-state index is 0.00563. The van der Waals surface area contributed by atoms with Gasteiger partial charge in [0.25, 0.3) is 0 Å². The van der Waals surface area contributed by atoms with Crippen LogP contribution < -0.4 is 5.32 Å². The number of carbonyl (C=O) groups excluding carboxylic acids is 1. The summed E-state index contributed by atoms with van der Waals surface area (Å²) in [6.07, 6.45) is 1.35. The molecular formula is C24H22FN3OS3. The van der Waals surface area contributed by atoms with Crippen molar-refractivity contribution in [3.05, 3.63) is 64.8 Å². The van der Waals surface area contributed by atoms with Gasteiger partial charge >= 0.3 is 0 Å². The number of carbonyl (C=O) groups is 1. The quantitative estimate of drug-likeness (QED) is 0.328. The Bertz CT molecular complexity index is 1230. The second kappa shape index (κ2) is 9.31. The Kier molecular flexibility index (Phi) is 6.28. The molecule has 0 atom stereocenters. The summed E-state index contributed by atoms with van der Waals surface area (Å²) >= 11 is 4.92. The highest BCUT2D eigenvalue weighted by Crippen LogP contribution is 2.45. The summed E-state index contributed by atoms with van der Waals surface area (Å²) in [5.74, 6) is 0.387. The first-order chi connectivity index (χ1) is 15.6. The molecule has 2 aromatic carbocycles. The first-order valence-corrected chi connectivity index (χ1v) is 13.1. The number of nitrogens with one attached hydrogen (secondary N) is 1. The van der Waals surface area contributed by atoms with Crippen LogP contribution in [-0.4, -0.2) is 35.1 Å². The average Bonchev–Trinajstić information content (AvgIpc) is 3.35. The van der Waals surface area contributed by atoms with Crippen molar-refractivity contribution < 1.29 is 9.18 Å². The average molecular weight is 484 g/mol. The minimum atomic E-state index is -0.248. The number of rotatable bonds is 6. The van der Waals surface area contributed by atoms with E-state index in [1.54, 1.807) is 46.6 Å². The van der Waals surface area contributed by atoms with Gasteiger partial charge in [0.15, 0.2) is 0 Å². The molecule has 0 unspecified atom stereocenters. The SMILES string of the molecule is CN1CCc2c(sc(NC(=O)CCSc3ccc(F)cc3)c2-c2nc3ccccc3s2)C1. The van der Waals surface area contributed by atoms with Gasteiger partial charge in [0.05, 0.1) is 10.2 Å². The molecule has 0 bridgehead atoms. The molecule has 2 aromatic heterocycles. The van der Waals surface area contributed by atoms with Gasteiger partial charge in [0.1, 0.15) is 15.8 Å². The molecule has 1 N–H and O–H groups in total. The largest absolute Gasteiger partial charge is 0.317 e. The molecule has 0 aliphatic carbocycles. The number of amides is 1. The van der Waals surface area contributed by atoms with E-state index in [1.807, 2.05) is 18.2 Å². The summed E-state index contributed by atoms with van der Waals surface area (Å²) in [5, 5.41) is 5.06. The summed E-state index contributed by atoms with van der Waals surface area (Å²) in [6, 6.07) is 14.5. The number of aromatic nitrogens is 1. The number of hydrogen-bond acceptors (Lipinski definition) is 6. The highest BCUT2D eigenvalue weighted by Gasteiger charge is 2.26. The van der Waals surface area contributed by atoms with E-state index < -0.39 is 0 Å². The maximum Gasteiger partial charge on any atom is 0.225 e. The smallest absolute Gasteiger partial charge is 0.225 e. The number of halogens is 1. The van der Waals surface area contributed by atoms with Crippen molar-refractivity contribution in [1.82, 2.24) is 9.88 Å². The van der Waals surface area contributed by atoms with Crippen molar-refractivity contribution in [2.45, 2.75) is 24.3 Å². The normalized spacial score (nSPS) is 13.9. The van der Waals surface area contributed by atoms with Crippen molar-refractivity contribution in [2.75, 3.05) is 24.7 Å². The van der Waals surface area contributed by atoms with Crippen LogP contribution in [0.2, 0.25) is 0 Å². The van der Waals surface area contributed by atoms with Crippen LogP contribution in [0.4, 0.5) is 9.39 Å². The van der Waals surface area contributed by atoms with Crippen LogP contribution in [0.1, 0.15) is 16.9 Å². The lowest BCUT2D eigenvalue weighted by Crippen LogP contribution is -2.25. The summed E-state index contributed by atoms with van der Waals surface area (Å²) < 4.78 is 14.2. The fraction of sp³-hybridized carbons (Fsp3) is 0.250. The van der Waals surface area contributed by atoms with Crippen molar-refractivity contribution >= 4 is 55.6 Å². The third-order valence-electron chi connectivity index (χ3n) is 5.42. The first-order valence-electron chi connectivity index (χ1n) is 10.4. The summed E-state index contributed by atoms with van der Waals surface area (Å²) in [6.45, 7) is 1.90. The third kappa shape index (κ3) is 4.59. The van der Waals surface area contributed by atoms with Crippen LogP contribution in [0, 0.1) is 5.82 Å². The van der Waals surface area contributed by atoms with E-state index in [9.17, 15) is 9.18 Å². The predicted octanol–water partition coefficient (Wildman–Crippen LogP) is 6.27. The van der Waals surface area contributed by atoms with Crippen LogP contribution >= 0.6 is 34.4 Å². The summed E-state index contributed by atoms with van der Waals surface area (Å²) in [4.78, 5) is 22.3. The number of thiazole rings is 1. The van der Waals surface area contributed by atoms with E-state index in [0.717, 1.165) is 50.2 Å². The Morgan fingerprint density at radius 2 is 2.00 bits per heavy atom. The van der Waals surface area contributed by atoms with E-state index in [0.29, 0.717) is 12.2 Å². The lowest BCUT2D eigenvalue weighted by molar-refractivity contribution is -0.115. The number of hydrogen-bond donors (Lipinski definition) is 1. The molecule has 1 amide bonds. The number of benzene rings is 2. The molecule has 0 spiro atoms. The fourth-order valence-corrected chi connectivity index (χ4v) is 7.11. The number of para-hydroxylation sites is 1. The predicted molar refractivity (Wildman–Crippen MR) is 133 cm³/mol. The highest BCUT2D eigenvalue weighted by atomic mass is 32.2. The van der Waals surface area contributed by atoms with Gasteiger partial charge in [0, 0.05) is 40.6 Å². The molecule has 0 saturated carbocycles. The molecule has 4 aromatic rings. The Hall–Kier alpha value is -2.26. The third-order valence-corrected chi connectivity index (χ3v) is 8.62. The van der Waals surface area contributed by atoms with Crippen LogP contribution in [0.3, 0.4) is 0 Å². The van der Waals surface area contributed by atoms with Crippen molar-refractivity contribution in [3.63, 3.8) is 0 Å². The fourth-order valence-electron chi connectivity index (χ4n) is 3.81. The van der Waals surface area contributed by atoms with Gasteiger partial charge in [-0.1, -0.05) is 12.1 Å². The van der Waals surface area contributed by atoms with Crippen molar-refractivity contribution in [3.8, 4) is 10.6 Å². The first kappa shape index (κ1) is 21.6. The number of likely N-dealkylation sites (N-methyl/N-ethyl adjacent to an activating group) is 1. The van der Waals surface area contributed by atoms with Crippen molar-refractivity contribution in [2.24, 2.45) is 0 Å². The van der Waals surface area contributed by atoms with E-state index in [4.69, 9.17) is 4.98 Å². The van der Waals surface area contributed by atoms with Gasteiger partial charge in [-0.25, -0.2) is 9.37 Å². The molecule has 8 heteroatoms. The molecule has 1 aliphatic heterocycles.